The molecule has 108 valence electrons. The zero-order valence-corrected chi connectivity index (χ0v) is 12.6. The SMILES string of the molecule is CCCN(CC)CCCCC(C)(NCC)C(N)=O. The Morgan fingerprint density at radius 3 is 2.33 bits per heavy atom. The maximum Gasteiger partial charge on any atom is 0.237 e. The summed E-state index contributed by atoms with van der Waals surface area (Å²) in [6, 6.07) is 0. The highest BCUT2D eigenvalue weighted by atomic mass is 16.1. The lowest BCUT2D eigenvalue weighted by Crippen LogP contribution is -2.53. The number of hydrogen-bond donors (Lipinski definition) is 2. The van der Waals surface area contributed by atoms with E-state index in [2.05, 4.69) is 24.1 Å². The van der Waals surface area contributed by atoms with Crippen LogP contribution in [0.5, 0.6) is 0 Å². The number of nitrogens with zero attached hydrogens (tertiary/aromatic N) is 1. The summed E-state index contributed by atoms with van der Waals surface area (Å²) in [7, 11) is 0. The molecule has 0 aromatic rings. The highest BCUT2D eigenvalue weighted by molar-refractivity contribution is 5.84. The quantitative estimate of drug-likeness (QED) is 0.554. The van der Waals surface area contributed by atoms with Crippen molar-refractivity contribution in [1.29, 1.82) is 0 Å². The molecular formula is C14H31N3O. The molecule has 0 aliphatic carbocycles. The Hall–Kier alpha value is -0.610. The summed E-state index contributed by atoms with van der Waals surface area (Å²) in [5.74, 6) is -0.245. The summed E-state index contributed by atoms with van der Waals surface area (Å²) in [4.78, 5) is 13.9. The van der Waals surface area contributed by atoms with Crippen molar-refractivity contribution >= 4 is 5.91 Å². The Balaban J connectivity index is 3.96. The zero-order chi connectivity index (χ0) is 14.0. The topological polar surface area (TPSA) is 58.4 Å². The van der Waals surface area contributed by atoms with Crippen LogP contribution in [-0.2, 0) is 4.79 Å². The van der Waals surface area contributed by atoms with Crippen LogP contribution in [0, 0.1) is 0 Å². The summed E-state index contributed by atoms with van der Waals surface area (Å²) in [6.07, 6.45) is 4.18. The first-order valence-electron chi connectivity index (χ1n) is 7.27. The van der Waals surface area contributed by atoms with Crippen LogP contribution in [0.2, 0.25) is 0 Å². The van der Waals surface area contributed by atoms with Gasteiger partial charge in [0, 0.05) is 0 Å². The normalized spacial score (nSPS) is 14.7. The average molecular weight is 257 g/mol. The fraction of sp³-hybridized carbons (Fsp3) is 0.929. The maximum atomic E-state index is 11.4. The Bertz CT molecular complexity index is 233. The number of nitrogens with two attached hydrogens (primary N) is 1. The van der Waals surface area contributed by atoms with Crippen LogP contribution in [0.25, 0.3) is 0 Å². The average Bonchev–Trinajstić information content (AvgIpc) is 2.33. The third-order valence-corrected chi connectivity index (χ3v) is 3.50. The minimum atomic E-state index is -0.545. The standard InChI is InChI=1S/C14H31N3O/c1-5-11-17(7-3)12-9-8-10-14(4,13(15)18)16-6-2/h16H,5-12H2,1-4H3,(H2,15,18). The predicted octanol–water partition coefficient (Wildman–Crippen LogP) is 1.74. The van der Waals surface area contributed by atoms with E-state index < -0.39 is 5.54 Å². The summed E-state index contributed by atoms with van der Waals surface area (Å²) in [6.45, 7) is 12.5. The molecule has 0 fully saturated rings. The van der Waals surface area contributed by atoms with Crippen LogP contribution in [0.4, 0.5) is 0 Å². The molecule has 0 saturated carbocycles. The lowest BCUT2D eigenvalue weighted by atomic mass is 9.94. The van der Waals surface area contributed by atoms with Crippen molar-refractivity contribution in [1.82, 2.24) is 10.2 Å². The molecule has 4 heteroatoms. The van der Waals surface area contributed by atoms with E-state index in [-0.39, 0.29) is 5.91 Å². The lowest BCUT2D eigenvalue weighted by molar-refractivity contribution is -0.124. The Kier molecular flexibility index (Phi) is 9.02. The number of rotatable bonds is 11. The van der Waals surface area contributed by atoms with Gasteiger partial charge < -0.3 is 16.0 Å². The van der Waals surface area contributed by atoms with E-state index in [1.54, 1.807) is 0 Å². The molecule has 1 atom stereocenters. The van der Waals surface area contributed by atoms with Gasteiger partial charge in [-0.3, -0.25) is 4.79 Å². The molecule has 3 N–H and O–H groups in total. The van der Waals surface area contributed by atoms with Gasteiger partial charge in [-0.1, -0.05) is 20.8 Å². The van der Waals surface area contributed by atoms with E-state index in [1.807, 2.05) is 13.8 Å². The molecule has 18 heavy (non-hydrogen) atoms. The lowest BCUT2D eigenvalue weighted by Gasteiger charge is -2.27. The molecule has 0 bridgehead atoms. The second-order valence-electron chi connectivity index (χ2n) is 5.12. The highest BCUT2D eigenvalue weighted by Crippen LogP contribution is 2.13. The third kappa shape index (κ3) is 6.36. The van der Waals surface area contributed by atoms with Gasteiger partial charge in [0.2, 0.25) is 5.91 Å². The van der Waals surface area contributed by atoms with E-state index in [4.69, 9.17) is 5.73 Å². The first-order chi connectivity index (χ1) is 8.50. The molecule has 0 aliphatic heterocycles. The number of nitrogens with one attached hydrogen (secondary N) is 1. The number of carbonyl (C=O) groups excluding carboxylic acids is 1. The number of carbonyl (C=O) groups is 1. The molecular weight excluding hydrogens is 226 g/mol. The summed E-state index contributed by atoms with van der Waals surface area (Å²) in [5.41, 5.74) is 4.92. The van der Waals surface area contributed by atoms with Crippen molar-refractivity contribution in [2.24, 2.45) is 5.73 Å². The summed E-state index contributed by atoms with van der Waals surface area (Å²) in [5, 5.41) is 3.20. The molecule has 1 unspecified atom stereocenters. The van der Waals surface area contributed by atoms with Gasteiger partial charge in [0.25, 0.3) is 0 Å². The van der Waals surface area contributed by atoms with Crippen LogP contribution in [0.1, 0.15) is 53.4 Å². The third-order valence-electron chi connectivity index (χ3n) is 3.50. The van der Waals surface area contributed by atoms with Crippen LogP contribution in [0.15, 0.2) is 0 Å². The monoisotopic (exact) mass is 257 g/mol. The fourth-order valence-electron chi connectivity index (χ4n) is 2.25. The number of primary amides is 1. The van der Waals surface area contributed by atoms with Gasteiger partial charge in [0.15, 0.2) is 0 Å². The van der Waals surface area contributed by atoms with Crippen molar-refractivity contribution in [3.8, 4) is 0 Å². The van der Waals surface area contributed by atoms with Gasteiger partial charge in [-0.25, -0.2) is 0 Å². The van der Waals surface area contributed by atoms with Crippen molar-refractivity contribution in [3.05, 3.63) is 0 Å². The molecule has 0 heterocycles. The van der Waals surface area contributed by atoms with E-state index in [0.29, 0.717) is 0 Å². The molecule has 0 rings (SSSR count). The molecule has 0 aromatic heterocycles. The van der Waals surface area contributed by atoms with Crippen LogP contribution >= 0.6 is 0 Å². The van der Waals surface area contributed by atoms with Crippen LogP contribution in [0.3, 0.4) is 0 Å². The minimum absolute atomic E-state index is 0.245. The van der Waals surface area contributed by atoms with Crippen LogP contribution in [-0.4, -0.2) is 42.5 Å². The van der Waals surface area contributed by atoms with E-state index in [0.717, 1.165) is 45.4 Å². The Morgan fingerprint density at radius 2 is 1.89 bits per heavy atom. The van der Waals surface area contributed by atoms with Gasteiger partial charge in [0.1, 0.15) is 0 Å². The number of likely N-dealkylation sites (N-methyl/N-ethyl adjacent to an activating group) is 1. The van der Waals surface area contributed by atoms with Gasteiger partial charge in [-0.05, 0) is 58.8 Å². The number of amides is 1. The van der Waals surface area contributed by atoms with E-state index in [9.17, 15) is 4.79 Å². The number of hydrogen-bond acceptors (Lipinski definition) is 3. The highest BCUT2D eigenvalue weighted by Gasteiger charge is 2.28. The Labute approximate surface area is 112 Å². The smallest absolute Gasteiger partial charge is 0.237 e. The molecule has 0 radical (unpaired) electrons. The van der Waals surface area contributed by atoms with Crippen molar-refractivity contribution in [3.63, 3.8) is 0 Å². The zero-order valence-electron chi connectivity index (χ0n) is 12.6. The maximum absolute atomic E-state index is 11.4. The first-order valence-corrected chi connectivity index (χ1v) is 7.27. The predicted molar refractivity (Wildman–Crippen MR) is 77.5 cm³/mol. The largest absolute Gasteiger partial charge is 0.368 e. The van der Waals surface area contributed by atoms with Gasteiger partial charge in [-0.15, -0.1) is 0 Å². The van der Waals surface area contributed by atoms with Gasteiger partial charge >= 0.3 is 0 Å². The summed E-state index contributed by atoms with van der Waals surface area (Å²) >= 11 is 0. The second-order valence-corrected chi connectivity index (χ2v) is 5.12. The molecule has 0 saturated heterocycles. The van der Waals surface area contributed by atoms with Gasteiger partial charge in [0.05, 0.1) is 5.54 Å². The fourth-order valence-corrected chi connectivity index (χ4v) is 2.25. The number of unbranched alkanes of at least 4 members (excludes halogenated alkanes) is 1. The first kappa shape index (κ1) is 17.4. The molecule has 1 amide bonds. The molecule has 4 nitrogen and oxygen atoms in total. The van der Waals surface area contributed by atoms with Crippen molar-refractivity contribution < 1.29 is 4.79 Å². The van der Waals surface area contributed by atoms with Crippen molar-refractivity contribution in [2.45, 2.75) is 58.9 Å². The Morgan fingerprint density at radius 1 is 1.22 bits per heavy atom. The van der Waals surface area contributed by atoms with Crippen molar-refractivity contribution in [2.75, 3.05) is 26.2 Å². The second kappa shape index (κ2) is 9.34. The molecule has 0 aliphatic rings. The van der Waals surface area contributed by atoms with E-state index in [1.165, 1.54) is 6.42 Å². The molecule has 0 aromatic carbocycles. The van der Waals surface area contributed by atoms with Crippen LogP contribution < -0.4 is 11.1 Å². The summed E-state index contributed by atoms with van der Waals surface area (Å²) < 4.78 is 0. The molecule has 0 spiro atoms. The minimum Gasteiger partial charge on any atom is -0.368 e. The van der Waals surface area contributed by atoms with Gasteiger partial charge in [-0.2, -0.15) is 0 Å². The van der Waals surface area contributed by atoms with E-state index >= 15 is 0 Å².